The molecule has 0 aliphatic carbocycles. The Balaban J connectivity index is 2.17. The van der Waals surface area contributed by atoms with Crippen LogP contribution in [0.3, 0.4) is 0 Å². The third kappa shape index (κ3) is 3.53. The number of nitrogens with one attached hydrogen (secondary N) is 1. The number of alkyl halides is 2. The number of amides is 1. The van der Waals surface area contributed by atoms with Crippen molar-refractivity contribution < 1.29 is 18.5 Å². The minimum absolute atomic E-state index is 0.0385. The summed E-state index contributed by atoms with van der Waals surface area (Å²) in [6.07, 6.45) is -1.30. The minimum Gasteiger partial charge on any atom is -0.398 e. The number of nitrogens with zero attached hydrogens (tertiary/aromatic N) is 3. The van der Waals surface area contributed by atoms with Gasteiger partial charge in [-0.3, -0.25) is 19.6 Å². The quantitative estimate of drug-likeness (QED) is 0.497. The van der Waals surface area contributed by atoms with Crippen molar-refractivity contribution in [2.45, 2.75) is 13.0 Å². The summed E-state index contributed by atoms with van der Waals surface area (Å²) in [6.45, 7) is -0.602. The van der Waals surface area contributed by atoms with Gasteiger partial charge in [0.15, 0.2) is 5.82 Å². The van der Waals surface area contributed by atoms with Crippen molar-refractivity contribution in [1.82, 2.24) is 9.78 Å². The smallest absolute Gasteiger partial charge is 0.270 e. The van der Waals surface area contributed by atoms with E-state index in [1.54, 1.807) is 0 Å². The first kappa shape index (κ1) is 15.4. The molecule has 0 aliphatic rings. The highest BCUT2D eigenvalue weighted by Gasteiger charge is 2.16. The number of carbonyl (C=O) groups excluding carboxylic acids is 1. The lowest BCUT2D eigenvalue weighted by molar-refractivity contribution is -0.384. The second-order valence-corrected chi connectivity index (χ2v) is 4.30. The highest BCUT2D eigenvalue weighted by atomic mass is 19.3. The number of nitrogen functional groups attached to an aromatic ring is 1. The van der Waals surface area contributed by atoms with Crippen LogP contribution in [0.4, 0.5) is 26.0 Å². The molecule has 0 saturated heterocycles. The molecule has 1 heterocycles. The summed E-state index contributed by atoms with van der Waals surface area (Å²) in [4.78, 5) is 22.1. The summed E-state index contributed by atoms with van der Waals surface area (Å²) in [5.41, 5.74) is 5.27. The maximum atomic E-state index is 12.2. The zero-order valence-corrected chi connectivity index (χ0v) is 11.1. The number of rotatable bonds is 5. The summed E-state index contributed by atoms with van der Waals surface area (Å²) >= 11 is 0. The van der Waals surface area contributed by atoms with Gasteiger partial charge in [0, 0.05) is 30.1 Å². The molecule has 0 radical (unpaired) electrons. The first-order valence-corrected chi connectivity index (χ1v) is 6.03. The normalized spacial score (nSPS) is 10.7. The molecule has 10 heteroatoms. The molecular formula is C12H11F2N5O3. The number of carbonyl (C=O) groups is 1. The summed E-state index contributed by atoms with van der Waals surface area (Å²) in [5, 5.41) is 16.8. The Morgan fingerprint density at radius 2 is 2.18 bits per heavy atom. The van der Waals surface area contributed by atoms with Gasteiger partial charge in [0.1, 0.15) is 6.54 Å². The second kappa shape index (κ2) is 6.16. The Labute approximate surface area is 122 Å². The van der Waals surface area contributed by atoms with Gasteiger partial charge in [-0.1, -0.05) is 0 Å². The van der Waals surface area contributed by atoms with Crippen LogP contribution < -0.4 is 11.1 Å². The van der Waals surface area contributed by atoms with Crippen LogP contribution in [0.1, 0.15) is 10.4 Å². The molecule has 2 rings (SSSR count). The molecule has 0 fully saturated rings. The van der Waals surface area contributed by atoms with Crippen molar-refractivity contribution in [2.24, 2.45) is 0 Å². The van der Waals surface area contributed by atoms with E-state index in [1.165, 1.54) is 24.4 Å². The summed E-state index contributed by atoms with van der Waals surface area (Å²) in [5.74, 6) is -0.681. The molecule has 116 valence electrons. The van der Waals surface area contributed by atoms with Gasteiger partial charge in [-0.25, -0.2) is 8.78 Å². The predicted octanol–water partition coefficient (Wildman–Crippen LogP) is 1.89. The van der Waals surface area contributed by atoms with Crippen LogP contribution in [0.25, 0.3) is 0 Å². The number of hydrogen-bond acceptors (Lipinski definition) is 5. The number of nitro benzene ring substituents is 1. The molecule has 22 heavy (non-hydrogen) atoms. The summed E-state index contributed by atoms with van der Waals surface area (Å²) in [6, 6.07) is 4.76. The lowest BCUT2D eigenvalue weighted by Crippen LogP contribution is -2.15. The largest absolute Gasteiger partial charge is 0.398 e. The first-order chi connectivity index (χ1) is 10.4. The van der Waals surface area contributed by atoms with E-state index in [9.17, 15) is 23.7 Å². The Kier molecular flexibility index (Phi) is 4.30. The molecule has 1 aromatic carbocycles. The summed E-state index contributed by atoms with van der Waals surface area (Å²) < 4.78 is 25.4. The molecule has 1 amide bonds. The van der Waals surface area contributed by atoms with Crippen LogP contribution in [0, 0.1) is 10.1 Å². The zero-order chi connectivity index (χ0) is 16.3. The van der Waals surface area contributed by atoms with E-state index < -0.39 is 23.8 Å². The van der Waals surface area contributed by atoms with E-state index in [0.717, 1.165) is 10.7 Å². The van der Waals surface area contributed by atoms with Gasteiger partial charge in [-0.2, -0.15) is 5.10 Å². The van der Waals surface area contributed by atoms with Crippen LogP contribution in [-0.4, -0.2) is 27.0 Å². The van der Waals surface area contributed by atoms with Gasteiger partial charge in [0.25, 0.3) is 18.0 Å². The molecular weight excluding hydrogens is 300 g/mol. The SMILES string of the molecule is Nc1ccc([N+](=O)[O-])cc1C(=O)Nc1ccn(CC(F)F)n1. The lowest BCUT2D eigenvalue weighted by atomic mass is 10.1. The molecule has 2 aromatic rings. The van der Waals surface area contributed by atoms with E-state index in [1.807, 2.05) is 0 Å². The number of nitrogens with two attached hydrogens (primary N) is 1. The van der Waals surface area contributed by atoms with Gasteiger partial charge < -0.3 is 11.1 Å². The zero-order valence-electron chi connectivity index (χ0n) is 11.1. The average Bonchev–Trinajstić information content (AvgIpc) is 2.85. The Hall–Kier alpha value is -3.04. The van der Waals surface area contributed by atoms with Gasteiger partial charge in [-0.15, -0.1) is 0 Å². The van der Waals surface area contributed by atoms with Crippen LogP contribution in [0.2, 0.25) is 0 Å². The first-order valence-electron chi connectivity index (χ1n) is 6.03. The molecule has 0 unspecified atom stereocenters. The number of halogens is 2. The molecule has 0 saturated carbocycles. The Morgan fingerprint density at radius 1 is 1.45 bits per heavy atom. The van der Waals surface area contributed by atoms with Crippen molar-refractivity contribution in [2.75, 3.05) is 11.1 Å². The standard InChI is InChI=1S/C12H11F2N5O3/c13-10(14)6-18-4-3-11(17-18)16-12(20)8-5-7(19(21)22)1-2-9(8)15/h1-5,10H,6,15H2,(H,16,17,20). The van der Waals surface area contributed by atoms with Crippen molar-refractivity contribution in [3.8, 4) is 0 Å². The number of hydrogen-bond donors (Lipinski definition) is 2. The van der Waals surface area contributed by atoms with Crippen molar-refractivity contribution in [1.29, 1.82) is 0 Å². The summed E-state index contributed by atoms with van der Waals surface area (Å²) in [7, 11) is 0. The van der Waals surface area contributed by atoms with E-state index >= 15 is 0 Å². The van der Waals surface area contributed by atoms with Crippen molar-refractivity contribution >= 4 is 23.1 Å². The highest BCUT2D eigenvalue weighted by molar-refractivity contribution is 6.07. The monoisotopic (exact) mass is 311 g/mol. The lowest BCUT2D eigenvalue weighted by Gasteiger charge is -2.05. The second-order valence-electron chi connectivity index (χ2n) is 4.30. The maximum Gasteiger partial charge on any atom is 0.270 e. The number of anilines is 2. The fourth-order valence-corrected chi connectivity index (χ4v) is 1.71. The molecule has 0 spiro atoms. The van der Waals surface area contributed by atoms with Crippen LogP contribution in [-0.2, 0) is 6.54 Å². The number of non-ortho nitro benzene ring substituents is 1. The van der Waals surface area contributed by atoms with E-state index in [0.29, 0.717) is 0 Å². The fourth-order valence-electron chi connectivity index (χ4n) is 1.71. The fraction of sp³-hybridized carbons (Fsp3) is 0.167. The molecule has 0 bridgehead atoms. The van der Waals surface area contributed by atoms with E-state index in [2.05, 4.69) is 10.4 Å². The third-order valence-electron chi connectivity index (χ3n) is 2.70. The Morgan fingerprint density at radius 3 is 2.82 bits per heavy atom. The number of benzene rings is 1. The molecule has 3 N–H and O–H groups in total. The predicted molar refractivity (Wildman–Crippen MR) is 73.7 cm³/mol. The molecule has 8 nitrogen and oxygen atoms in total. The number of nitro groups is 1. The Bertz CT molecular complexity index is 717. The molecule has 0 aliphatic heterocycles. The topological polar surface area (TPSA) is 116 Å². The van der Waals surface area contributed by atoms with E-state index in [4.69, 9.17) is 5.73 Å². The van der Waals surface area contributed by atoms with Gasteiger partial charge >= 0.3 is 0 Å². The van der Waals surface area contributed by atoms with Crippen LogP contribution >= 0.6 is 0 Å². The van der Waals surface area contributed by atoms with E-state index in [-0.39, 0.29) is 22.8 Å². The third-order valence-corrected chi connectivity index (χ3v) is 2.70. The van der Waals surface area contributed by atoms with Gasteiger partial charge in [-0.05, 0) is 6.07 Å². The van der Waals surface area contributed by atoms with Gasteiger partial charge in [0.2, 0.25) is 0 Å². The molecule has 1 aromatic heterocycles. The van der Waals surface area contributed by atoms with Crippen LogP contribution in [0.15, 0.2) is 30.5 Å². The minimum atomic E-state index is -2.57. The van der Waals surface area contributed by atoms with Crippen molar-refractivity contribution in [3.63, 3.8) is 0 Å². The maximum absolute atomic E-state index is 12.2. The van der Waals surface area contributed by atoms with Gasteiger partial charge in [0.05, 0.1) is 10.5 Å². The highest BCUT2D eigenvalue weighted by Crippen LogP contribution is 2.20. The van der Waals surface area contributed by atoms with Crippen molar-refractivity contribution in [3.05, 3.63) is 46.1 Å². The van der Waals surface area contributed by atoms with Crippen LogP contribution in [0.5, 0.6) is 0 Å². The number of aromatic nitrogens is 2. The average molecular weight is 311 g/mol. The molecule has 0 atom stereocenters.